The maximum absolute atomic E-state index is 13.2. The number of allylic oxidation sites excluding steroid dienone is 1. The molecule has 2 atom stereocenters. The number of furan rings is 2. The molecule has 2 aliphatic rings. The minimum atomic E-state index is -0.264. The standard InChI is InChI=1S/C22H19N3O3/c26-22(18-9-1-2-11-23-18)25-21(19-10-5-13-28-19)17-8-3-6-15(20(17)24-25)14-16-7-4-12-27-16/h1-2,4-5,7,9-14,17,21H,3,6,8H2/b15-14+/t17-,21-/m0/s1. The summed E-state index contributed by atoms with van der Waals surface area (Å²) in [6, 6.07) is 12.6. The lowest BCUT2D eigenvalue weighted by molar-refractivity contribution is 0.0650. The van der Waals surface area contributed by atoms with Crippen LogP contribution in [0.2, 0.25) is 0 Å². The molecule has 1 amide bonds. The van der Waals surface area contributed by atoms with Gasteiger partial charge in [-0.2, -0.15) is 5.10 Å². The number of amides is 1. The van der Waals surface area contributed by atoms with Crippen molar-refractivity contribution >= 4 is 17.7 Å². The van der Waals surface area contributed by atoms with Crippen LogP contribution in [-0.4, -0.2) is 21.6 Å². The Balaban J connectivity index is 1.57. The number of carbonyl (C=O) groups is 1. The van der Waals surface area contributed by atoms with Crippen LogP contribution >= 0.6 is 0 Å². The monoisotopic (exact) mass is 373 g/mol. The second-order valence-electron chi connectivity index (χ2n) is 6.99. The fourth-order valence-corrected chi connectivity index (χ4v) is 4.06. The summed E-state index contributed by atoms with van der Waals surface area (Å²) in [5.74, 6) is 1.41. The average molecular weight is 373 g/mol. The number of hydrogen-bond acceptors (Lipinski definition) is 5. The van der Waals surface area contributed by atoms with Crippen LogP contribution in [0.25, 0.3) is 6.08 Å². The van der Waals surface area contributed by atoms with E-state index in [2.05, 4.69) is 4.98 Å². The van der Waals surface area contributed by atoms with Crippen LogP contribution in [0.1, 0.15) is 47.3 Å². The molecule has 0 bridgehead atoms. The molecule has 3 aromatic heterocycles. The quantitative estimate of drug-likeness (QED) is 0.667. The Hall–Kier alpha value is -3.41. The predicted octanol–water partition coefficient (Wildman–Crippen LogP) is 4.70. The van der Waals surface area contributed by atoms with Gasteiger partial charge in [-0.25, -0.2) is 5.01 Å². The lowest BCUT2D eigenvalue weighted by atomic mass is 9.79. The number of hydrazone groups is 1. The van der Waals surface area contributed by atoms with Gasteiger partial charge in [0.1, 0.15) is 23.3 Å². The lowest BCUT2D eigenvalue weighted by Gasteiger charge is -2.27. The van der Waals surface area contributed by atoms with Crippen LogP contribution in [0.4, 0.5) is 0 Å². The fraction of sp³-hybridized carbons (Fsp3) is 0.227. The molecule has 1 fully saturated rings. The molecule has 0 N–H and O–H groups in total. The summed E-state index contributed by atoms with van der Waals surface area (Å²) in [6.45, 7) is 0. The smallest absolute Gasteiger partial charge is 0.293 e. The van der Waals surface area contributed by atoms with Gasteiger partial charge < -0.3 is 8.83 Å². The zero-order chi connectivity index (χ0) is 18.9. The van der Waals surface area contributed by atoms with Gasteiger partial charge in [-0.15, -0.1) is 0 Å². The van der Waals surface area contributed by atoms with Gasteiger partial charge in [0, 0.05) is 12.1 Å². The van der Waals surface area contributed by atoms with E-state index < -0.39 is 0 Å². The van der Waals surface area contributed by atoms with Crippen molar-refractivity contribution in [2.24, 2.45) is 11.0 Å². The van der Waals surface area contributed by atoms with E-state index >= 15 is 0 Å². The van der Waals surface area contributed by atoms with E-state index in [1.54, 1.807) is 41.9 Å². The van der Waals surface area contributed by atoms with Gasteiger partial charge in [-0.05, 0) is 67.3 Å². The van der Waals surface area contributed by atoms with Gasteiger partial charge in [0.25, 0.3) is 5.91 Å². The number of rotatable bonds is 3. The first-order valence-corrected chi connectivity index (χ1v) is 9.42. The SMILES string of the molecule is O=C(c1ccccn1)N1N=C2/C(=C/c3ccco3)CCC[C@@H]2[C@H]1c1ccco1. The zero-order valence-corrected chi connectivity index (χ0v) is 15.2. The molecule has 0 unspecified atom stereocenters. The predicted molar refractivity (Wildman–Crippen MR) is 103 cm³/mol. The Morgan fingerprint density at radius 2 is 2.00 bits per heavy atom. The van der Waals surface area contributed by atoms with Gasteiger partial charge in [0.15, 0.2) is 0 Å². The second kappa shape index (κ2) is 6.96. The van der Waals surface area contributed by atoms with Gasteiger partial charge >= 0.3 is 0 Å². The number of fused-ring (bicyclic) bond motifs is 1. The van der Waals surface area contributed by atoms with E-state index in [0.29, 0.717) is 5.69 Å². The largest absolute Gasteiger partial charge is 0.467 e. The summed E-state index contributed by atoms with van der Waals surface area (Å²) in [7, 11) is 0. The summed E-state index contributed by atoms with van der Waals surface area (Å²) in [5.41, 5.74) is 2.42. The molecule has 0 spiro atoms. The highest BCUT2D eigenvalue weighted by Crippen LogP contribution is 2.44. The molecule has 0 radical (unpaired) electrons. The highest BCUT2D eigenvalue weighted by Gasteiger charge is 2.45. The summed E-state index contributed by atoms with van der Waals surface area (Å²) < 4.78 is 11.2. The third kappa shape index (κ3) is 2.87. The normalized spacial score (nSPS) is 22.9. The molecule has 1 saturated carbocycles. The van der Waals surface area contributed by atoms with Crippen molar-refractivity contribution < 1.29 is 13.6 Å². The molecule has 0 saturated heterocycles. The highest BCUT2D eigenvalue weighted by molar-refractivity contribution is 6.08. The van der Waals surface area contributed by atoms with Crippen LogP contribution in [0.3, 0.4) is 0 Å². The first kappa shape index (κ1) is 16.7. The van der Waals surface area contributed by atoms with Crippen molar-refractivity contribution in [2.45, 2.75) is 25.3 Å². The van der Waals surface area contributed by atoms with E-state index in [9.17, 15) is 4.79 Å². The van der Waals surface area contributed by atoms with Gasteiger partial charge in [-0.1, -0.05) is 6.07 Å². The molecule has 4 heterocycles. The Bertz CT molecular complexity index is 1020. The van der Waals surface area contributed by atoms with E-state index in [-0.39, 0.29) is 17.9 Å². The highest BCUT2D eigenvalue weighted by atomic mass is 16.3. The van der Waals surface area contributed by atoms with E-state index in [1.165, 1.54) is 0 Å². The van der Waals surface area contributed by atoms with Crippen molar-refractivity contribution in [1.29, 1.82) is 0 Å². The van der Waals surface area contributed by atoms with Crippen molar-refractivity contribution in [3.05, 3.63) is 84.0 Å². The zero-order valence-electron chi connectivity index (χ0n) is 15.2. The Kier molecular flexibility index (Phi) is 4.16. The molecule has 3 aromatic rings. The summed E-state index contributed by atoms with van der Waals surface area (Å²) >= 11 is 0. The molecule has 28 heavy (non-hydrogen) atoms. The lowest BCUT2D eigenvalue weighted by Crippen LogP contribution is -2.32. The molecule has 6 nitrogen and oxygen atoms in total. The summed E-state index contributed by atoms with van der Waals surface area (Å²) in [4.78, 5) is 17.4. The van der Waals surface area contributed by atoms with Gasteiger partial charge in [0.2, 0.25) is 0 Å². The van der Waals surface area contributed by atoms with Crippen LogP contribution in [0.15, 0.2) is 80.7 Å². The molecular formula is C22H19N3O3. The van der Waals surface area contributed by atoms with Crippen LogP contribution in [0.5, 0.6) is 0 Å². The third-order valence-electron chi connectivity index (χ3n) is 5.29. The molecule has 6 heteroatoms. The van der Waals surface area contributed by atoms with Crippen molar-refractivity contribution in [2.75, 3.05) is 0 Å². The maximum Gasteiger partial charge on any atom is 0.293 e. The molecule has 140 valence electrons. The number of nitrogens with zero attached hydrogens (tertiary/aromatic N) is 3. The topological polar surface area (TPSA) is 71.8 Å². The van der Waals surface area contributed by atoms with E-state index in [0.717, 1.165) is 42.1 Å². The Morgan fingerprint density at radius 1 is 1.11 bits per heavy atom. The van der Waals surface area contributed by atoms with Crippen LogP contribution in [0, 0.1) is 5.92 Å². The summed E-state index contributed by atoms with van der Waals surface area (Å²) in [5, 5.41) is 6.32. The van der Waals surface area contributed by atoms with Gasteiger partial charge in [-0.3, -0.25) is 9.78 Å². The molecule has 5 rings (SSSR count). The number of aromatic nitrogens is 1. The minimum absolute atomic E-state index is 0.0915. The number of hydrogen-bond donors (Lipinski definition) is 0. The molecule has 1 aliphatic heterocycles. The van der Waals surface area contributed by atoms with Crippen molar-refractivity contribution in [3.8, 4) is 0 Å². The maximum atomic E-state index is 13.2. The third-order valence-corrected chi connectivity index (χ3v) is 5.29. The first-order valence-electron chi connectivity index (χ1n) is 9.42. The molecule has 1 aliphatic carbocycles. The van der Waals surface area contributed by atoms with Crippen LogP contribution < -0.4 is 0 Å². The average Bonchev–Trinajstić information content (AvgIpc) is 3.48. The molecule has 0 aromatic carbocycles. The number of carbonyl (C=O) groups excluding carboxylic acids is 1. The summed E-state index contributed by atoms with van der Waals surface area (Å²) in [6.07, 6.45) is 9.83. The van der Waals surface area contributed by atoms with Gasteiger partial charge in [0.05, 0.1) is 18.2 Å². The Labute approximate surface area is 162 Å². The van der Waals surface area contributed by atoms with E-state index in [4.69, 9.17) is 13.9 Å². The minimum Gasteiger partial charge on any atom is -0.467 e. The number of pyridine rings is 1. The van der Waals surface area contributed by atoms with Crippen molar-refractivity contribution in [1.82, 2.24) is 9.99 Å². The van der Waals surface area contributed by atoms with E-state index in [1.807, 2.05) is 30.3 Å². The van der Waals surface area contributed by atoms with Crippen molar-refractivity contribution in [3.63, 3.8) is 0 Å². The molecular weight excluding hydrogens is 354 g/mol. The first-order chi connectivity index (χ1) is 13.8. The van der Waals surface area contributed by atoms with Crippen LogP contribution in [-0.2, 0) is 0 Å². The fourth-order valence-electron chi connectivity index (χ4n) is 4.06. The Morgan fingerprint density at radius 3 is 2.75 bits per heavy atom. The second-order valence-corrected chi connectivity index (χ2v) is 6.99.